The summed E-state index contributed by atoms with van der Waals surface area (Å²) in [6.07, 6.45) is 31.1. The topological polar surface area (TPSA) is 141 Å². The second-order valence-electron chi connectivity index (χ2n) is 38.2. The quantitative estimate of drug-likeness (QED) is 0.0182. The van der Waals surface area contributed by atoms with E-state index < -0.39 is 37.2 Å². The van der Waals surface area contributed by atoms with Crippen molar-refractivity contribution in [2.45, 2.75) is 351 Å². The van der Waals surface area contributed by atoms with Gasteiger partial charge in [-0.2, -0.15) is 0 Å². The van der Waals surface area contributed by atoms with E-state index in [0.29, 0.717) is 83.3 Å². The van der Waals surface area contributed by atoms with E-state index in [4.69, 9.17) is 29.2 Å². The van der Waals surface area contributed by atoms with E-state index in [1.165, 1.54) is 63.4 Å². The van der Waals surface area contributed by atoms with Gasteiger partial charge in [0.15, 0.2) is 25.0 Å². The molecule has 7 rings (SSSR count). The van der Waals surface area contributed by atoms with E-state index in [2.05, 4.69) is 222 Å². The zero-order valence-electron chi connectivity index (χ0n) is 70.1. The summed E-state index contributed by atoms with van der Waals surface area (Å²) < 4.78 is 32.1. The molecular weight excluding hydrogens is 1400 g/mol. The van der Waals surface area contributed by atoms with Crippen molar-refractivity contribution in [1.29, 1.82) is 0 Å². The maximum absolute atomic E-state index is 12.4. The Bertz CT molecular complexity index is 2900. The highest BCUT2D eigenvalue weighted by atomic mass is 79.9. The number of esters is 2. The summed E-state index contributed by atoms with van der Waals surface area (Å²) in [7, 11) is -5.81. The molecule has 103 heavy (non-hydrogen) atoms. The number of halogens is 2. The van der Waals surface area contributed by atoms with Gasteiger partial charge in [-0.05, 0) is 251 Å². The van der Waals surface area contributed by atoms with Crippen molar-refractivity contribution < 1.29 is 52.4 Å². The number of hydrogen-bond acceptors (Lipinski definition) is 10. The number of cyclic esters (lactones) is 2. The van der Waals surface area contributed by atoms with Gasteiger partial charge in [0.05, 0.1) is 24.4 Å². The third-order valence-corrected chi connectivity index (χ3v) is 41.4. The van der Waals surface area contributed by atoms with Gasteiger partial charge in [0.2, 0.25) is 0 Å². The van der Waals surface area contributed by atoms with Crippen LogP contribution in [0, 0.1) is 94.2 Å². The molecule has 18 atom stereocenters. The largest absolute Gasteiger partial charge is 0.458 e. The number of carbonyl (C=O) groups is 2. The zero-order valence-corrected chi connectivity index (χ0v) is 74.7. The molecule has 2 saturated heterocycles. The molecule has 3 N–H and O–H groups in total. The van der Waals surface area contributed by atoms with Crippen molar-refractivity contribution in [2.75, 3.05) is 13.2 Å². The maximum atomic E-state index is 12.4. The van der Waals surface area contributed by atoms with E-state index in [1.807, 2.05) is 19.9 Å². The van der Waals surface area contributed by atoms with E-state index in [1.54, 1.807) is 5.57 Å². The van der Waals surface area contributed by atoms with Crippen LogP contribution < -0.4 is 0 Å². The normalized spacial score (nSPS) is 31.1. The monoisotopic (exact) mass is 1550 g/mol. The zero-order chi connectivity index (χ0) is 77.6. The molecule has 0 aromatic rings. The van der Waals surface area contributed by atoms with Gasteiger partial charge in [0.1, 0.15) is 12.2 Å². The molecule has 5 saturated carbocycles. The predicted octanol–water partition coefficient (Wildman–Crippen LogP) is 23.5. The van der Waals surface area contributed by atoms with E-state index in [-0.39, 0.29) is 91.9 Å². The van der Waals surface area contributed by atoms with Gasteiger partial charge in [-0.3, -0.25) is 4.70 Å². The highest BCUT2D eigenvalue weighted by molar-refractivity contribution is 9.11. The van der Waals surface area contributed by atoms with Crippen molar-refractivity contribution >= 4 is 52.8 Å². The van der Waals surface area contributed by atoms with Gasteiger partial charge in [-0.1, -0.05) is 197 Å². The molecule has 2 aliphatic heterocycles. The molecule has 0 radical (unpaired) electrons. The Morgan fingerprint density at radius 2 is 1.12 bits per heavy atom. The first-order valence-electron chi connectivity index (χ1n) is 40.4. The fourth-order valence-electron chi connectivity index (χ4n) is 18.2. The first-order valence-corrected chi connectivity index (χ1v) is 50.0. The molecule has 0 spiro atoms. The first-order chi connectivity index (χ1) is 47.2. The maximum Gasteiger partial charge on any atom is 0.334 e. The SMILES string of the molecule is C#CC[C@@H](O[Si](C)(C)C(C)(C)C)[C@H](CCCO[Si](C)(C)C(C)(C)C)[C@@H](C=C)O[Si](C)(C)C(C)(C)C.C=C1/C(=C\C=C2/CCC[C@]3(C)[C@@H]([C@H](C)C[C@H]4OC(=O)C(=C)[C@H]4CC(C)C)CC[C@@H]23)C[C@@H](O)[C@H](CCCO)[C@@H]1O.C=C1C(=O)O[C@H](C[C@@H](C)[C@H]2CC[C@H]3/C(=C/Br)CCC[C@]23C)[C@@H]1CC(C)C.CC.F. The molecule has 10 nitrogen and oxygen atoms in total. The van der Waals surface area contributed by atoms with E-state index >= 15 is 0 Å². The van der Waals surface area contributed by atoms with Crippen LogP contribution in [0.2, 0.25) is 54.4 Å². The molecule has 7 aliphatic rings. The lowest BCUT2D eigenvalue weighted by Gasteiger charge is -2.45. The summed E-state index contributed by atoms with van der Waals surface area (Å²) in [6.45, 7) is 74.4. The van der Waals surface area contributed by atoms with Crippen molar-refractivity contribution in [3.05, 3.63) is 83.0 Å². The van der Waals surface area contributed by atoms with Crippen LogP contribution in [-0.4, -0.2) is 102 Å². The van der Waals surface area contributed by atoms with Crippen LogP contribution >= 0.6 is 15.9 Å². The molecule has 0 bridgehead atoms. The van der Waals surface area contributed by atoms with Gasteiger partial charge in [0.25, 0.3) is 0 Å². The molecule has 2 heterocycles. The van der Waals surface area contributed by atoms with E-state index in [9.17, 15) is 24.9 Å². The summed E-state index contributed by atoms with van der Waals surface area (Å²) in [6, 6.07) is 0. The van der Waals surface area contributed by atoms with Crippen molar-refractivity contribution in [1.82, 2.24) is 0 Å². The minimum Gasteiger partial charge on any atom is -0.458 e. The second kappa shape index (κ2) is 39.9. The van der Waals surface area contributed by atoms with Gasteiger partial charge < -0.3 is 38.1 Å². The highest BCUT2D eigenvalue weighted by Crippen LogP contribution is 2.62. The number of aliphatic hydroxyl groups excluding tert-OH is 3. The Balaban J connectivity index is 0.000000402. The lowest BCUT2D eigenvalue weighted by atomic mass is 9.60. The molecule has 592 valence electrons. The summed E-state index contributed by atoms with van der Waals surface area (Å²) in [4.78, 5) is 26.7. The number of terminal acetylenes is 1. The van der Waals surface area contributed by atoms with Gasteiger partial charge in [0, 0.05) is 54.5 Å². The van der Waals surface area contributed by atoms with Crippen LogP contribution in [-0.2, 0) is 32.3 Å². The number of ether oxygens (including phenoxy) is 2. The van der Waals surface area contributed by atoms with Crippen LogP contribution in [0.4, 0.5) is 4.70 Å². The summed E-state index contributed by atoms with van der Waals surface area (Å²) in [5.41, 5.74) is 6.76. The third-order valence-electron chi connectivity index (χ3n) is 27.3. The Labute approximate surface area is 642 Å². The van der Waals surface area contributed by atoms with Gasteiger partial charge >= 0.3 is 11.9 Å². The fraction of sp³-hybridized carbons (Fsp3) is 0.795. The van der Waals surface area contributed by atoms with Crippen LogP contribution in [0.5, 0.6) is 0 Å². The predicted molar refractivity (Wildman–Crippen MR) is 444 cm³/mol. The smallest absolute Gasteiger partial charge is 0.334 e. The molecule has 0 aromatic heterocycles. The molecular formula is C88H154BrFO10Si3. The van der Waals surface area contributed by atoms with Gasteiger partial charge in [-0.15, -0.1) is 18.9 Å². The molecule has 5 aliphatic carbocycles. The van der Waals surface area contributed by atoms with Crippen LogP contribution in [0.3, 0.4) is 0 Å². The Morgan fingerprint density at radius 3 is 1.53 bits per heavy atom. The summed E-state index contributed by atoms with van der Waals surface area (Å²) in [5.74, 6) is 7.47. The molecule has 0 amide bonds. The van der Waals surface area contributed by atoms with Crippen LogP contribution in [0.15, 0.2) is 83.0 Å². The van der Waals surface area contributed by atoms with Gasteiger partial charge in [-0.25, -0.2) is 9.59 Å². The lowest BCUT2D eigenvalue weighted by Crippen LogP contribution is -2.50. The van der Waals surface area contributed by atoms with E-state index in [0.717, 1.165) is 69.0 Å². The average Bonchev–Trinajstić information content (AvgIpc) is 1.62. The molecule has 0 unspecified atom stereocenters. The number of allylic oxidation sites excluding steroid dienone is 4. The molecule has 15 heteroatoms. The first kappa shape index (κ1) is 94.7. The minimum absolute atomic E-state index is 0. The van der Waals surface area contributed by atoms with Crippen molar-refractivity contribution in [2.24, 2.45) is 81.8 Å². The molecule has 7 fully saturated rings. The number of carbonyl (C=O) groups excluding carboxylic acids is 2. The number of rotatable bonds is 27. The lowest BCUT2D eigenvalue weighted by molar-refractivity contribution is -0.141. The number of aliphatic hydroxyl groups is 3. The Kier molecular flexibility index (Phi) is 36.7. The third kappa shape index (κ3) is 24.0. The average molecular weight is 1560 g/mol. The fourth-order valence-corrected chi connectivity index (χ4v) is 22.5. The van der Waals surface area contributed by atoms with Crippen LogP contribution in [0.1, 0.15) is 260 Å². The van der Waals surface area contributed by atoms with Crippen LogP contribution in [0.25, 0.3) is 0 Å². The summed E-state index contributed by atoms with van der Waals surface area (Å²) >= 11 is 3.61. The van der Waals surface area contributed by atoms with Crippen molar-refractivity contribution in [3.8, 4) is 12.3 Å². The highest BCUT2D eigenvalue weighted by Gasteiger charge is 2.55. The standard InChI is InChI=1S/C34H52O5.C29H60O3Si3.C23H35BrO2.C2H6.FH/c1-20(2)17-27-23(5)33(38)39-31(27)18-21(3)28-13-14-29-24(9-7-15-34(28,29)6)11-12-25-19-30(36)26(10-8-16-35)32(37)22(25)4;1-18-21-26(32-35(16,17)29(9,10)11)24(22-20-23-30-33(12,13)27(3,4)5)25(19-2)31-34(14,15)28(6,7)8;1-14(2)11-18-16(4)22(25)26-21(18)12-15(3)19-8-9-20-17(13-24)7-6-10-23(19,20)5;1-2;/h11-12,20-21,26-32,35-37H,4-5,7-10,13-19H2,1-3,6H3;1,19,24-26H,2,20-23H2,3-17H3;13-15,18-21H,4,6-12H2,1-3,5H3;1-2H3;1H/b24-11+,25-12-;;17-13+;;/t21-,26+,27-,28-,29+,30-,31-,32-,34-;24-,25-,26-;15-,18-,19-,20+,21-,23-;;/m111../s1. The number of hydrogen-bond donors (Lipinski definition) is 3. The minimum atomic E-state index is -2.02. The molecule has 0 aromatic carbocycles. The Morgan fingerprint density at radius 1 is 0.670 bits per heavy atom. The Hall–Kier alpha value is -2.50. The number of fused-ring (bicyclic) bond motifs is 2. The summed E-state index contributed by atoms with van der Waals surface area (Å²) in [5, 5.41) is 31.1. The van der Waals surface area contributed by atoms with Crippen molar-refractivity contribution in [3.63, 3.8) is 0 Å². The second-order valence-corrected chi connectivity index (χ2v) is 53.0.